The van der Waals surface area contributed by atoms with E-state index in [1.807, 2.05) is 6.92 Å². The van der Waals surface area contributed by atoms with Gasteiger partial charge in [0, 0.05) is 35.7 Å². The summed E-state index contributed by atoms with van der Waals surface area (Å²) < 4.78 is 0. The first-order valence-corrected chi connectivity index (χ1v) is 11.5. The third-order valence-electron chi connectivity index (χ3n) is 6.77. The maximum absolute atomic E-state index is 12.9. The monoisotopic (exact) mass is 451 g/mol. The molecule has 0 radical (unpaired) electrons. The second-order valence-electron chi connectivity index (χ2n) is 8.73. The predicted molar refractivity (Wildman–Crippen MR) is 115 cm³/mol. The van der Waals surface area contributed by atoms with Crippen LogP contribution < -0.4 is 11.1 Å². The number of β-lactam (4-membered cyclic amide) rings is 1. The van der Waals surface area contributed by atoms with Crippen LogP contribution in [-0.2, 0) is 14.4 Å². The number of carboxylic acid groups (broad SMARTS) is 1. The van der Waals surface area contributed by atoms with Gasteiger partial charge in [0.2, 0.25) is 11.8 Å². The minimum Gasteiger partial charge on any atom is -0.477 e. The van der Waals surface area contributed by atoms with Gasteiger partial charge in [-0.1, -0.05) is 6.92 Å². The number of aliphatic hydroxyl groups is 1. The molecule has 10 nitrogen and oxygen atoms in total. The van der Waals surface area contributed by atoms with Crippen molar-refractivity contribution in [3.8, 4) is 0 Å². The van der Waals surface area contributed by atoms with Crippen molar-refractivity contribution in [3.63, 3.8) is 0 Å². The summed E-state index contributed by atoms with van der Waals surface area (Å²) in [6.45, 7) is 5.28. The van der Waals surface area contributed by atoms with Crippen molar-refractivity contribution < 1.29 is 24.6 Å². The molecule has 170 valence electrons. The normalized spacial score (nSPS) is 36.3. The summed E-state index contributed by atoms with van der Waals surface area (Å²) in [4.78, 5) is 45.3. The summed E-state index contributed by atoms with van der Waals surface area (Å²) in [5.41, 5.74) is 5.38. The summed E-state index contributed by atoms with van der Waals surface area (Å²) in [6.07, 6.45) is 1.85. The molecule has 0 aromatic rings. The van der Waals surface area contributed by atoms with Crippen LogP contribution in [0.3, 0.4) is 0 Å². The summed E-state index contributed by atoms with van der Waals surface area (Å²) in [7, 11) is 0. The molecule has 6 unspecified atom stereocenters. The molecule has 0 saturated carbocycles. The van der Waals surface area contributed by atoms with Crippen molar-refractivity contribution >= 4 is 35.9 Å². The fourth-order valence-corrected chi connectivity index (χ4v) is 6.72. The number of thioether (sulfide) groups is 1. The molecule has 0 aromatic carbocycles. The highest BCUT2D eigenvalue weighted by atomic mass is 32.2. The fourth-order valence-electron chi connectivity index (χ4n) is 5.25. The molecular formula is C20H29N5O5S. The first-order chi connectivity index (χ1) is 14.7. The van der Waals surface area contributed by atoms with Gasteiger partial charge in [-0.05, 0) is 19.8 Å². The number of aliphatic hydroxyl groups excluding tert-OH is 1. The Kier molecular flexibility index (Phi) is 6.01. The van der Waals surface area contributed by atoms with Gasteiger partial charge in [-0.15, -0.1) is 11.8 Å². The second-order valence-corrected chi connectivity index (χ2v) is 10.1. The van der Waals surface area contributed by atoms with Crippen LogP contribution in [0.15, 0.2) is 15.6 Å². The van der Waals surface area contributed by atoms with Crippen molar-refractivity contribution in [1.29, 1.82) is 0 Å². The van der Waals surface area contributed by atoms with Crippen molar-refractivity contribution in [2.75, 3.05) is 19.6 Å². The Morgan fingerprint density at radius 2 is 2.16 bits per heavy atom. The molecule has 2 amide bonds. The molecule has 4 aliphatic heterocycles. The van der Waals surface area contributed by atoms with E-state index in [1.165, 1.54) is 23.0 Å². The Morgan fingerprint density at radius 3 is 2.81 bits per heavy atom. The lowest BCUT2D eigenvalue weighted by Gasteiger charge is -2.46. The van der Waals surface area contributed by atoms with Gasteiger partial charge in [-0.2, -0.15) is 0 Å². The molecule has 0 aliphatic carbocycles. The van der Waals surface area contributed by atoms with Crippen LogP contribution in [0.1, 0.15) is 26.7 Å². The molecule has 3 saturated heterocycles. The maximum Gasteiger partial charge on any atom is 0.353 e. The molecule has 0 aromatic heterocycles. The number of aliphatic carboxylic acids is 1. The van der Waals surface area contributed by atoms with E-state index in [1.54, 1.807) is 11.8 Å². The number of nitrogens with zero attached hydrogens (tertiary/aromatic N) is 3. The van der Waals surface area contributed by atoms with Crippen LogP contribution in [0.25, 0.3) is 0 Å². The Balaban J connectivity index is 1.42. The van der Waals surface area contributed by atoms with Crippen molar-refractivity contribution in [2.45, 2.75) is 56.2 Å². The van der Waals surface area contributed by atoms with Gasteiger partial charge in [-0.3, -0.25) is 14.6 Å². The highest BCUT2D eigenvalue weighted by molar-refractivity contribution is 8.03. The van der Waals surface area contributed by atoms with E-state index in [0.29, 0.717) is 31.0 Å². The number of amides is 2. The average molecular weight is 452 g/mol. The third-order valence-corrected chi connectivity index (χ3v) is 8.28. The Labute approximate surface area is 184 Å². The predicted octanol–water partition coefficient (Wildman–Crippen LogP) is -0.808. The first-order valence-electron chi connectivity index (χ1n) is 10.6. The van der Waals surface area contributed by atoms with Gasteiger partial charge in [0.25, 0.3) is 0 Å². The van der Waals surface area contributed by atoms with Crippen LogP contribution in [-0.4, -0.2) is 93.2 Å². The highest BCUT2D eigenvalue weighted by Gasteiger charge is 2.60. The Hall–Kier alpha value is -2.11. The molecule has 0 spiro atoms. The molecular weight excluding hydrogens is 422 g/mol. The minimum absolute atomic E-state index is 0.0278. The molecule has 0 bridgehead atoms. The number of carbonyl (C=O) groups excluding carboxylic acids is 2. The highest BCUT2D eigenvalue weighted by Crippen LogP contribution is 2.51. The smallest absolute Gasteiger partial charge is 0.353 e. The Bertz CT molecular complexity index is 846. The SMILES string of the molecule is CC(O)C1C(=O)N2C(C(=O)O)=C(SC3CNC(C(=O)N4CCC(N=CN)C4)C3)C(C)[C@@H]12. The zero-order valence-corrected chi connectivity index (χ0v) is 18.4. The largest absolute Gasteiger partial charge is 0.477 e. The van der Waals surface area contributed by atoms with Crippen molar-refractivity contribution in [2.24, 2.45) is 22.6 Å². The quantitative estimate of drug-likeness (QED) is 0.233. The van der Waals surface area contributed by atoms with Gasteiger partial charge < -0.3 is 31.1 Å². The number of carboxylic acids is 1. The minimum atomic E-state index is -1.13. The number of nitrogens with two attached hydrogens (primary N) is 1. The number of hydrogen-bond acceptors (Lipinski definition) is 7. The molecule has 5 N–H and O–H groups in total. The van der Waals surface area contributed by atoms with E-state index in [2.05, 4.69) is 10.3 Å². The summed E-state index contributed by atoms with van der Waals surface area (Å²) >= 11 is 1.45. The number of aliphatic imine (C=N–C) groups is 1. The Morgan fingerprint density at radius 1 is 1.42 bits per heavy atom. The van der Waals surface area contributed by atoms with Gasteiger partial charge in [-0.25, -0.2) is 4.79 Å². The zero-order chi connectivity index (χ0) is 22.4. The van der Waals surface area contributed by atoms with E-state index in [-0.39, 0.29) is 46.8 Å². The number of hydrogen-bond donors (Lipinski definition) is 4. The van der Waals surface area contributed by atoms with Crippen LogP contribution in [0.5, 0.6) is 0 Å². The van der Waals surface area contributed by atoms with E-state index in [4.69, 9.17) is 5.73 Å². The lowest BCUT2D eigenvalue weighted by Crippen LogP contribution is -2.63. The molecule has 7 atom stereocenters. The fraction of sp³-hybridized carbons (Fsp3) is 0.700. The number of likely N-dealkylation sites (tertiary alicyclic amines) is 1. The molecule has 4 heterocycles. The topological polar surface area (TPSA) is 149 Å². The lowest BCUT2D eigenvalue weighted by atomic mass is 9.79. The first kappa shape index (κ1) is 22.1. The van der Waals surface area contributed by atoms with Crippen LogP contribution >= 0.6 is 11.8 Å². The molecule has 4 aliphatic rings. The number of nitrogens with one attached hydrogen (secondary N) is 1. The lowest BCUT2D eigenvalue weighted by molar-refractivity contribution is -0.163. The summed E-state index contributed by atoms with van der Waals surface area (Å²) in [5.74, 6) is -2.16. The zero-order valence-electron chi connectivity index (χ0n) is 17.6. The number of fused-ring (bicyclic) bond motifs is 1. The van der Waals surface area contributed by atoms with E-state index in [9.17, 15) is 24.6 Å². The third kappa shape index (κ3) is 3.72. The van der Waals surface area contributed by atoms with E-state index in [0.717, 1.165) is 6.42 Å². The second kappa shape index (κ2) is 8.44. The summed E-state index contributed by atoms with van der Waals surface area (Å²) in [5, 5.41) is 23.0. The van der Waals surface area contributed by atoms with Gasteiger partial charge in [0.05, 0.1) is 36.5 Å². The molecule has 11 heteroatoms. The van der Waals surface area contributed by atoms with Crippen LogP contribution in [0, 0.1) is 11.8 Å². The number of rotatable bonds is 6. The summed E-state index contributed by atoms with van der Waals surface area (Å²) in [6, 6.07) is -0.586. The van der Waals surface area contributed by atoms with E-state index >= 15 is 0 Å². The number of carbonyl (C=O) groups is 3. The van der Waals surface area contributed by atoms with Gasteiger partial charge in [0.1, 0.15) is 5.70 Å². The maximum atomic E-state index is 12.9. The van der Waals surface area contributed by atoms with Gasteiger partial charge >= 0.3 is 5.97 Å². The standard InChI is InChI=1S/C20H29N5O5S/c1-9-15-14(10(2)26)19(28)25(15)16(20(29)30)17(9)31-12-5-13(22-6-12)18(27)24-4-3-11(7-24)23-8-21/h8-15,22,26H,3-7H2,1-2H3,(H2,21,23)(H,29,30)/t9?,10?,11?,12?,13?,14?,15-/m0/s1. The molecule has 4 rings (SSSR count). The molecule has 3 fully saturated rings. The van der Waals surface area contributed by atoms with E-state index < -0.39 is 18.0 Å². The van der Waals surface area contributed by atoms with Crippen LogP contribution in [0.2, 0.25) is 0 Å². The van der Waals surface area contributed by atoms with Crippen molar-refractivity contribution in [3.05, 3.63) is 10.6 Å². The van der Waals surface area contributed by atoms with Crippen molar-refractivity contribution in [1.82, 2.24) is 15.1 Å². The van der Waals surface area contributed by atoms with Gasteiger partial charge in [0.15, 0.2) is 0 Å². The average Bonchev–Trinajstić information content (AvgIpc) is 3.41. The van der Waals surface area contributed by atoms with Crippen LogP contribution in [0.4, 0.5) is 0 Å². The molecule has 31 heavy (non-hydrogen) atoms.